The molecule has 0 saturated carbocycles. The molecule has 0 bridgehead atoms. The first-order chi connectivity index (χ1) is 14.5. The highest BCUT2D eigenvalue weighted by atomic mass is 32.2. The average Bonchev–Trinajstić information content (AvgIpc) is 3.20. The van der Waals surface area contributed by atoms with Crippen LogP contribution in [0, 0.1) is 6.92 Å². The summed E-state index contributed by atoms with van der Waals surface area (Å²) in [6.45, 7) is 4.04. The second-order valence-corrected chi connectivity index (χ2v) is 8.61. The number of benzene rings is 2. The van der Waals surface area contributed by atoms with Crippen LogP contribution in [-0.2, 0) is 16.0 Å². The van der Waals surface area contributed by atoms with Crippen LogP contribution in [0.5, 0.6) is 0 Å². The fourth-order valence-corrected chi connectivity index (χ4v) is 4.26. The summed E-state index contributed by atoms with van der Waals surface area (Å²) in [5.74, 6) is -0.167. The smallest absolute Gasteiger partial charge is 0.250 e. The van der Waals surface area contributed by atoms with Crippen LogP contribution in [0.3, 0.4) is 0 Å². The van der Waals surface area contributed by atoms with Gasteiger partial charge in [0.1, 0.15) is 0 Å². The third-order valence-electron chi connectivity index (χ3n) is 4.19. The largest absolute Gasteiger partial charge is 0.325 e. The van der Waals surface area contributed by atoms with E-state index in [-0.39, 0.29) is 17.6 Å². The minimum atomic E-state index is -0.282. The van der Waals surface area contributed by atoms with Gasteiger partial charge in [0.15, 0.2) is 4.34 Å². The molecule has 0 saturated heterocycles. The summed E-state index contributed by atoms with van der Waals surface area (Å²) >= 11 is 2.53. The van der Waals surface area contributed by atoms with Crippen molar-refractivity contribution in [3.63, 3.8) is 0 Å². The van der Waals surface area contributed by atoms with Gasteiger partial charge in [0.2, 0.25) is 16.9 Å². The van der Waals surface area contributed by atoms with E-state index in [9.17, 15) is 9.59 Å². The van der Waals surface area contributed by atoms with Gasteiger partial charge in [-0.1, -0.05) is 78.6 Å². The number of rotatable bonds is 8. The maximum Gasteiger partial charge on any atom is 0.250 e. The van der Waals surface area contributed by atoms with Crippen LogP contribution in [0.4, 0.5) is 10.8 Å². The zero-order valence-electron chi connectivity index (χ0n) is 16.7. The molecule has 1 heterocycles. The summed E-state index contributed by atoms with van der Waals surface area (Å²) in [4.78, 5) is 24.4. The number of nitrogens with zero attached hydrogens (tertiary/aromatic N) is 2. The van der Waals surface area contributed by atoms with Gasteiger partial charge in [0, 0.05) is 11.8 Å². The number of hydrogen-bond acceptors (Lipinski definition) is 6. The normalized spacial score (nSPS) is 10.9. The lowest BCUT2D eigenvalue weighted by atomic mass is 10.1. The molecule has 0 aliphatic rings. The monoisotopic (exact) mass is 438 g/mol. The van der Waals surface area contributed by atoms with Crippen LogP contribution in [-0.4, -0.2) is 27.8 Å². The molecule has 0 spiro atoms. The number of para-hydroxylation sites is 1. The molecular formula is C22H22N4O2S2. The first-order valence-corrected chi connectivity index (χ1v) is 11.2. The number of thioether (sulfide) groups is 1. The van der Waals surface area contributed by atoms with Crippen molar-refractivity contribution in [3.05, 3.63) is 71.3 Å². The van der Waals surface area contributed by atoms with Crippen LogP contribution >= 0.6 is 23.1 Å². The molecule has 0 fully saturated rings. The molecule has 30 heavy (non-hydrogen) atoms. The standard InChI is InChI=1S/C22H22N4O2S2/c1-3-17-11-7-8-15(2)20(17)23-19(28)14-29-22-26-25-21(30-22)24-18(27)13-12-16-9-5-4-6-10-16/h4-13H,3,14H2,1-2H3,(H,23,28)(H,24,25,27)/b13-12+. The van der Waals surface area contributed by atoms with Crippen LogP contribution in [0.25, 0.3) is 6.08 Å². The Morgan fingerprint density at radius 3 is 2.63 bits per heavy atom. The van der Waals surface area contributed by atoms with Gasteiger partial charge in [-0.15, -0.1) is 10.2 Å². The molecule has 8 heteroatoms. The molecule has 2 amide bonds. The second-order valence-electron chi connectivity index (χ2n) is 6.41. The second kappa shape index (κ2) is 10.7. The van der Waals surface area contributed by atoms with Crippen molar-refractivity contribution in [1.29, 1.82) is 0 Å². The highest BCUT2D eigenvalue weighted by Gasteiger charge is 2.12. The lowest BCUT2D eigenvalue weighted by Gasteiger charge is -2.12. The third kappa shape index (κ3) is 6.27. The molecule has 0 aliphatic carbocycles. The molecule has 0 radical (unpaired) electrons. The summed E-state index contributed by atoms with van der Waals surface area (Å²) in [5.41, 5.74) is 3.96. The number of aromatic nitrogens is 2. The van der Waals surface area contributed by atoms with Gasteiger partial charge >= 0.3 is 0 Å². The number of amides is 2. The number of carbonyl (C=O) groups is 2. The first-order valence-electron chi connectivity index (χ1n) is 9.44. The van der Waals surface area contributed by atoms with Gasteiger partial charge in [-0.3, -0.25) is 14.9 Å². The van der Waals surface area contributed by atoms with Crippen molar-refractivity contribution in [2.75, 3.05) is 16.4 Å². The Morgan fingerprint density at radius 1 is 1.07 bits per heavy atom. The summed E-state index contributed by atoms with van der Waals surface area (Å²) in [7, 11) is 0. The quantitative estimate of drug-likeness (QED) is 0.300. The lowest BCUT2D eigenvalue weighted by Crippen LogP contribution is -2.16. The Balaban J connectivity index is 1.50. The Bertz CT molecular complexity index is 1050. The predicted molar refractivity (Wildman–Crippen MR) is 124 cm³/mol. The zero-order valence-corrected chi connectivity index (χ0v) is 18.3. The summed E-state index contributed by atoms with van der Waals surface area (Å²) in [6, 6.07) is 15.5. The van der Waals surface area contributed by atoms with E-state index >= 15 is 0 Å². The molecule has 6 nitrogen and oxygen atoms in total. The highest BCUT2D eigenvalue weighted by molar-refractivity contribution is 8.01. The summed E-state index contributed by atoms with van der Waals surface area (Å²) < 4.78 is 0.619. The van der Waals surface area contributed by atoms with Gasteiger partial charge in [-0.05, 0) is 36.1 Å². The Morgan fingerprint density at radius 2 is 1.87 bits per heavy atom. The molecule has 2 N–H and O–H groups in total. The van der Waals surface area contributed by atoms with Crippen molar-refractivity contribution in [3.8, 4) is 0 Å². The summed E-state index contributed by atoms with van der Waals surface area (Å²) in [6.07, 6.45) is 4.03. The number of anilines is 2. The zero-order chi connectivity index (χ0) is 21.3. The fraction of sp³-hybridized carbons (Fsp3) is 0.182. The highest BCUT2D eigenvalue weighted by Crippen LogP contribution is 2.26. The molecule has 154 valence electrons. The molecule has 0 aliphatic heterocycles. The number of aryl methyl sites for hydroxylation is 2. The van der Waals surface area contributed by atoms with E-state index in [1.165, 1.54) is 29.2 Å². The Hall–Kier alpha value is -2.97. The average molecular weight is 439 g/mol. The maximum absolute atomic E-state index is 12.4. The van der Waals surface area contributed by atoms with E-state index in [0.29, 0.717) is 9.47 Å². The molecule has 3 rings (SSSR count). The van der Waals surface area contributed by atoms with E-state index in [0.717, 1.165) is 28.8 Å². The summed E-state index contributed by atoms with van der Waals surface area (Å²) in [5, 5.41) is 14.1. The van der Waals surface area contributed by atoms with E-state index in [2.05, 4.69) is 27.8 Å². The van der Waals surface area contributed by atoms with E-state index in [1.807, 2.05) is 55.5 Å². The predicted octanol–water partition coefficient (Wildman–Crippen LogP) is 4.79. The van der Waals surface area contributed by atoms with E-state index in [1.54, 1.807) is 6.08 Å². The van der Waals surface area contributed by atoms with Crippen LogP contribution < -0.4 is 10.6 Å². The van der Waals surface area contributed by atoms with Gasteiger partial charge in [0.05, 0.1) is 5.75 Å². The molecule has 1 aromatic heterocycles. The van der Waals surface area contributed by atoms with Crippen molar-refractivity contribution >= 4 is 51.8 Å². The molecule has 0 atom stereocenters. The van der Waals surface area contributed by atoms with Crippen molar-refractivity contribution < 1.29 is 9.59 Å². The van der Waals surface area contributed by atoms with Crippen molar-refractivity contribution in [2.45, 2.75) is 24.6 Å². The molecule has 3 aromatic rings. The SMILES string of the molecule is CCc1cccc(C)c1NC(=O)CSc1nnc(NC(=O)/C=C/c2ccccc2)s1. The first kappa shape index (κ1) is 21.7. The molecular weight excluding hydrogens is 416 g/mol. The van der Waals surface area contributed by atoms with Gasteiger partial charge in [0.25, 0.3) is 0 Å². The van der Waals surface area contributed by atoms with Gasteiger partial charge in [-0.2, -0.15) is 0 Å². The number of hydrogen-bond donors (Lipinski definition) is 2. The third-order valence-corrected chi connectivity index (χ3v) is 6.17. The maximum atomic E-state index is 12.4. The minimum Gasteiger partial charge on any atom is -0.325 e. The lowest BCUT2D eigenvalue weighted by molar-refractivity contribution is -0.114. The van der Waals surface area contributed by atoms with Crippen molar-refractivity contribution in [2.24, 2.45) is 0 Å². The molecule has 2 aromatic carbocycles. The van der Waals surface area contributed by atoms with Gasteiger partial charge in [-0.25, -0.2) is 0 Å². The topological polar surface area (TPSA) is 84.0 Å². The Labute approximate surface area is 183 Å². The van der Waals surface area contributed by atoms with Crippen LogP contribution in [0.15, 0.2) is 58.9 Å². The molecule has 0 unspecified atom stereocenters. The number of nitrogens with one attached hydrogen (secondary N) is 2. The number of carbonyl (C=O) groups excluding carboxylic acids is 2. The van der Waals surface area contributed by atoms with Crippen molar-refractivity contribution in [1.82, 2.24) is 10.2 Å². The van der Waals surface area contributed by atoms with Gasteiger partial charge < -0.3 is 5.32 Å². The minimum absolute atomic E-state index is 0.101. The van der Waals surface area contributed by atoms with E-state index in [4.69, 9.17) is 0 Å². The van der Waals surface area contributed by atoms with Crippen LogP contribution in [0.1, 0.15) is 23.6 Å². The van der Waals surface area contributed by atoms with E-state index < -0.39 is 0 Å². The fourth-order valence-electron chi connectivity index (χ4n) is 2.71. The van der Waals surface area contributed by atoms with Crippen LogP contribution in [0.2, 0.25) is 0 Å². The Kier molecular flexibility index (Phi) is 7.75.